The molecule has 0 amide bonds. The van der Waals surface area contributed by atoms with Crippen molar-refractivity contribution in [3.63, 3.8) is 0 Å². The standard InChI is InChI=1S/C42H32N2S/c1-41(2)31-19-18-28(40-39(25-12-6-5-7-13-25)43-33-16-10-11-17-34(33)44-40)23-29(31)37-32(42(41,3)4)20-21-35-38(37)30-22-26-14-8-9-15-27(26)24-36(30)45-35/h5-24H,1-4H3. The minimum Gasteiger partial charge on any atom is -0.244 e. The monoisotopic (exact) mass is 596 g/mol. The van der Waals surface area contributed by atoms with E-state index in [4.69, 9.17) is 9.97 Å². The van der Waals surface area contributed by atoms with Crippen molar-refractivity contribution in [2.24, 2.45) is 0 Å². The Morgan fingerprint density at radius 1 is 0.511 bits per heavy atom. The van der Waals surface area contributed by atoms with Gasteiger partial charge in [-0.1, -0.05) is 113 Å². The highest BCUT2D eigenvalue weighted by atomic mass is 32.1. The Labute approximate surface area is 267 Å². The van der Waals surface area contributed by atoms with E-state index in [1.807, 2.05) is 29.5 Å². The van der Waals surface area contributed by atoms with E-state index in [0.29, 0.717) is 0 Å². The maximum absolute atomic E-state index is 5.27. The molecule has 0 spiro atoms. The van der Waals surface area contributed by atoms with Gasteiger partial charge in [0.25, 0.3) is 0 Å². The number of hydrogen-bond donors (Lipinski definition) is 0. The smallest absolute Gasteiger partial charge is 0.0973 e. The first kappa shape index (κ1) is 26.5. The van der Waals surface area contributed by atoms with Crippen molar-refractivity contribution in [2.75, 3.05) is 0 Å². The molecule has 6 aromatic carbocycles. The van der Waals surface area contributed by atoms with Crippen LogP contribution in [0, 0.1) is 0 Å². The summed E-state index contributed by atoms with van der Waals surface area (Å²) in [7, 11) is 0. The Balaban J connectivity index is 1.38. The second-order valence-corrected chi connectivity index (χ2v) is 14.5. The Kier molecular flexibility index (Phi) is 5.50. The molecular formula is C42H32N2S. The summed E-state index contributed by atoms with van der Waals surface area (Å²) >= 11 is 1.90. The van der Waals surface area contributed by atoms with Crippen molar-refractivity contribution in [3.05, 3.63) is 132 Å². The molecule has 1 aliphatic carbocycles. The molecule has 0 radical (unpaired) electrons. The van der Waals surface area contributed by atoms with E-state index in [9.17, 15) is 0 Å². The number of para-hydroxylation sites is 2. The third-order valence-corrected chi connectivity index (χ3v) is 11.7. The van der Waals surface area contributed by atoms with Gasteiger partial charge in [-0.2, -0.15) is 0 Å². The fraction of sp³-hybridized carbons (Fsp3) is 0.143. The van der Waals surface area contributed by atoms with E-state index in [1.165, 1.54) is 53.2 Å². The van der Waals surface area contributed by atoms with Crippen LogP contribution < -0.4 is 0 Å². The largest absolute Gasteiger partial charge is 0.244 e. The van der Waals surface area contributed by atoms with Gasteiger partial charge in [-0.25, -0.2) is 9.97 Å². The van der Waals surface area contributed by atoms with E-state index in [1.54, 1.807) is 0 Å². The average molecular weight is 597 g/mol. The molecule has 0 saturated heterocycles. The molecule has 0 atom stereocenters. The Hall–Kier alpha value is -4.86. The van der Waals surface area contributed by atoms with Crippen LogP contribution in [0.4, 0.5) is 0 Å². The highest BCUT2D eigenvalue weighted by Gasteiger charge is 2.46. The number of thiophene rings is 1. The van der Waals surface area contributed by atoms with Gasteiger partial charge in [0.2, 0.25) is 0 Å². The van der Waals surface area contributed by atoms with Crippen LogP contribution in [0.2, 0.25) is 0 Å². The minimum absolute atomic E-state index is 0.0753. The fourth-order valence-corrected chi connectivity index (χ4v) is 8.61. The van der Waals surface area contributed by atoms with E-state index in [2.05, 4.69) is 131 Å². The first-order valence-corrected chi connectivity index (χ1v) is 16.5. The van der Waals surface area contributed by atoms with Crippen molar-refractivity contribution in [1.82, 2.24) is 9.97 Å². The van der Waals surface area contributed by atoms with Crippen LogP contribution in [0.15, 0.2) is 121 Å². The molecule has 0 aliphatic heterocycles. The molecule has 45 heavy (non-hydrogen) atoms. The summed E-state index contributed by atoms with van der Waals surface area (Å²) in [5.41, 5.74) is 11.1. The number of aromatic nitrogens is 2. The van der Waals surface area contributed by atoms with Crippen LogP contribution in [0.1, 0.15) is 38.8 Å². The summed E-state index contributed by atoms with van der Waals surface area (Å²) in [5.74, 6) is 0. The highest BCUT2D eigenvalue weighted by Crippen LogP contribution is 2.57. The molecular weight excluding hydrogens is 565 g/mol. The SMILES string of the molecule is CC1(C)c2ccc(-c3nc4ccccc4nc3-c3ccccc3)cc2-c2c(ccc3sc4cc5ccccc5cc4c23)C1(C)C. The number of benzene rings is 6. The van der Waals surface area contributed by atoms with Crippen molar-refractivity contribution in [2.45, 2.75) is 38.5 Å². The van der Waals surface area contributed by atoms with Gasteiger partial charge < -0.3 is 0 Å². The second-order valence-electron chi connectivity index (χ2n) is 13.4. The second kappa shape index (κ2) is 9.32. The normalized spacial score (nSPS) is 15.0. The van der Waals surface area contributed by atoms with Crippen LogP contribution in [0.3, 0.4) is 0 Å². The lowest BCUT2D eigenvalue weighted by atomic mass is 9.55. The zero-order chi connectivity index (χ0) is 30.5. The van der Waals surface area contributed by atoms with Crippen molar-refractivity contribution >= 4 is 53.3 Å². The minimum atomic E-state index is -0.0859. The molecule has 216 valence electrons. The molecule has 9 rings (SSSR count). The molecule has 2 heterocycles. The Morgan fingerprint density at radius 2 is 1.11 bits per heavy atom. The van der Waals surface area contributed by atoms with Gasteiger partial charge in [0.15, 0.2) is 0 Å². The van der Waals surface area contributed by atoms with Gasteiger partial charge in [0.1, 0.15) is 0 Å². The summed E-state index contributed by atoms with van der Waals surface area (Å²) in [5, 5.41) is 5.28. The lowest BCUT2D eigenvalue weighted by molar-refractivity contribution is 0.299. The number of nitrogens with zero attached hydrogens (tertiary/aromatic N) is 2. The maximum Gasteiger partial charge on any atom is 0.0973 e. The van der Waals surface area contributed by atoms with Crippen LogP contribution >= 0.6 is 11.3 Å². The number of hydrogen-bond acceptors (Lipinski definition) is 3. The van der Waals surface area contributed by atoms with E-state index >= 15 is 0 Å². The highest BCUT2D eigenvalue weighted by molar-refractivity contribution is 7.26. The first-order chi connectivity index (χ1) is 21.8. The molecule has 0 N–H and O–H groups in total. The molecule has 0 bridgehead atoms. The first-order valence-electron chi connectivity index (χ1n) is 15.7. The van der Waals surface area contributed by atoms with E-state index in [0.717, 1.165) is 33.5 Å². The van der Waals surface area contributed by atoms with Crippen LogP contribution in [0.25, 0.3) is 75.6 Å². The molecule has 0 unspecified atom stereocenters. The quantitative estimate of drug-likeness (QED) is 0.198. The van der Waals surface area contributed by atoms with Crippen molar-refractivity contribution in [1.29, 1.82) is 0 Å². The molecule has 3 heteroatoms. The molecule has 1 aliphatic rings. The summed E-state index contributed by atoms with van der Waals surface area (Å²) in [6.45, 7) is 9.65. The third kappa shape index (κ3) is 3.74. The van der Waals surface area contributed by atoms with Gasteiger partial charge in [-0.05, 0) is 80.3 Å². The van der Waals surface area contributed by atoms with Crippen LogP contribution in [-0.2, 0) is 10.8 Å². The molecule has 2 aromatic heterocycles. The summed E-state index contributed by atoms with van der Waals surface area (Å²) in [6, 6.07) is 43.9. The van der Waals surface area contributed by atoms with E-state index in [-0.39, 0.29) is 10.8 Å². The zero-order valence-corrected chi connectivity index (χ0v) is 26.7. The summed E-state index contributed by atoms with van der Waals surface area (Å²) < 4.78 is 2.67. The molecule has 8 aromatic rings. The maximum atomic E-state index is 5.27. The van der Waals surface area contributed by atoms with Gasteiger partial charge in [0, 0.05) is 31.3 Å². The zero-order valence-electron chi connectivity index (χ0n) is 25.8. The van der Waals surface area contributed by atoms with Crippen LogP contribution in [0.5, 0.6) is 0 Å². The lowest BCUT2D eigenvalue weighted by Crippen LogP contribution is -2.43. The van der Waals surface area contributed by atoms with Crippen LogP contribution in [-0.4, -0.2) is 9.97 Å². The Bertz CT molecular complexity index is 2480. The Morgan fingerprint density at radius 3 is 1.84 bits per heavy atom. The van der Waals surface area contributed by atoms with Crippen molar-refractivity contribution in [3.8, 4) is 33.6 Å². The predicted octanol–water partition coefficient (Wildman–Crippen LogP) is 11.7. The van der Waals surface area contributed by atoms with Gasteiger partial charge in [0.05, 0.1) is 22.4 Å². The summed E-state index contributed by atoms with van der Waals surface area (Å²) in [6.07, 6.45) is 0. The van der Waals surface area contributed by atoms with Gasteiger partial charge >= 0.3 is 0 Å². The van der Waals surface area contributed by atoms with Gasteiger partial charge in [-0.3, -0.25) is 0 Å². The van der Waals surface area contributed by atoms with Crippen molar-refractivity contribution < 1.29 is 0 Å². The average Bonchev–Trinajstić information content (AvgIpc) is 3.43. The molecule has 2 nitrogen and oxygen atoms in total. The summed E-state index contributed by atoms with van der Waals surface area (Å²) in [4.78, 5) is 10.4. The number of rotatable bonds is 2. The molecule has 0 saturated carbocycles. The van der Waals surface area contributed by atoms with E-state index < -0.39 is 0 Å². The lowest BCUT2D eigenvalue weighted by Gasteiger charge is -2.48. The molecule has 0 fully saturated rings. The van der Waals surface area contributed by atoms with Gasteiger partial charge in [-0.15, -0.1) is 11.3 Å². The topological polar surface area (TPSA) is 25.8 Å². The number of fused-ring (bicyclic) bond motifs is 9. The third-order valence-electron chi connectivity index (χ3n) is 10.6. The predicted molar refractivity (Wildman–Crippen MR) is 192 cm³/mol. The fourth-order valence-electron chi connectivity index (χ4n) is 7.47.